The Morgan fingerprint density at radius 1 is 1.70 bits per heavy atom. The lowest BCUT2D eigenvalue weighted by atomic mass is 10.3. The van der Waals surface area contributed by atoms with E-state index in [1.807, 2.05) is 6.07 Å². The number of nitrogens with one attached hydrogen (secondary N) is 1. The van der Waals surface area contributed by atoms with Crippen molar-refractivity contribution in [3.8, 4) is 6.07 Å². The van der Waals surface area contributed by atoms with Gasteiger partial charge in [-0.25, -0.2) is 0 Å². The van der Waals surface area contributed by atoms with Crippen LogP contribution in [0.5, 0.6) is 0 Å². The van der Waals surface area contributed by atoms with Crippen LogP contribution in [0.4, 0.5) is 0 Å². The van der Waals surface area contributed by atoms with E-state index in [4.69, 9.17) is 5.26 Å². The van der Waals surface area contributed by atoms with Gasteiger partial charge in [-0.15, -0.1) is 0 Å². The molecule has 0 heterocycles. The number of carbonyl (C=O) groups excluding carboxylic acids is 1. The van der Waals surface area contributed by atoms with Crippen molar-refractivity contribution in [2.24, 2.45) is 0 Å². The van der Waals surface area contributed by atoms with E-state index in [9.17, 15) is 4.79 Å². The van der Waals surface area contributed by atoms with Gasteiger partial charge in [-0.1, -0.05) is 6.92 Å². The molecule has 0 aliphatic rings. The van der Waals surface area contributed by atoms with E-state index in [-0.39, 0.29) is 5.91 Å². The number of carbonyl (C=O) groups is 1. The minimum atomic E-state index is 0.0536. The molecule has 0 atom stereocenters. The van der Waals surface area contributed by atoms with E-state index in [1.165, 1.54) is 0 Å². The third-order valence-corrected chi connectivity index (χ3v) is 1.11. The Bertz CT molecular complexity index is 137. The lowest BCUT2D eigenvalue weighted by Crippen LogP contribution is -2.22. The molecule has 0 radical (unpaired) electrons. The minimum Gasteiger partial charge on any atom is -0.356 e. The number of amides is 1. The van der Waals surface area contributed by atoms with E-state index < -0.39 is 0 Å². The average Bonchev–Trinajstić information content (AvgIpc) is 1.98. The quantitative estimate of drug-likeness (QED) is 0.587. The predicted octanol–water partition coefficient (Wildman–Crippen LogP) is 0.816. The fourth-order valence-electron chi connectivity index (χ4n) is 0.520. The molecule has 0 saturated heterocycles. The summed E-state index contributed by atoms with van der Waals surface area (Å²) in [4.78, 5) is 10.6. The van der Waals surface area contributed by atoms with Crippen molar-refractivity contribution in [3.63, 3.8) is 0 Å². The van der Waals surface area contributed by atoms with Crippen molar-refractivity contribution in [2.45, 2.75) is 26.2 Å². The molecule has 0 bridgehead atoms. The molecule has 3 nitrogen and oxygen atoms in total. The molecule has 1 amide bonds. The molecular formula is C7H12N2O. The summed E-state index contributed by atoms with van der Waals surface area (Å²) >= 11 is 0. The van der Waals surface area contributed by atoms with Gasteiger partial charge in [0.1, 0.15) is 0 Å². The molecule has 56 valence electrons. The highest BCUT2D eigenvalue weighted by Crippen LogP contribution is 1.83. The third-order valence-electron chi connectivity index (χ3n) is 1.11. The maximum Gasteiger partial charge on any atom is 0.219 e. The number of rotatable bonds is 4. The van der Waals surface area contributed by atoms with Crippen LogP contribution < -0.4 is 5.32 Å². The molecule has 0 aromatic rings. The summed E-state index contributed by atoms with van der Waals surface area (Å²) < 4.78 is 0. The van der Waals surface area contributed by atoms with Crippen LogP contribution in [0.1, 0.15) is 26.2 Å². The van der Waals surface area contributed by atoms with Crippen LogP contribution in [-0.4, -0.2) is 12.5 Å². The second kappa shape index (κ2) is 6.09. The van der Waals surface area contributed by atoms with Gasteiger partial charge in [-0.05, 0) is 6.42 Å². The van der Waals surface area contributed by atoms with E-state index >= 15 is 0 Å². The predicted molar refractivity (Wildman–Crippen MR) is 38.1 cm³/mol. The Kier molecular flexibility index (Phi) is 5.45. The van der Waals surface area contributed by atoms with Crippen LogP contribution >= 0.6 is 0 Å². The van der Waals surface area contributed by atoms with Crippen LogP contribution in [-0.2, 0) is 4.79 Å². The first-order chi connectivity index (χ1) is 4.81. The van der Waals surface area contributed by atoms with E-state index in [0.717, 1.165) is 6.42 Å². The molecule has 0 spiro atoms. The highest BCUT2D eigenvalue weighted by atomic mass is 16.1. The molecule has 0 aromatic heterocycles. The molecule has 0 aliphatic heterocycles. The maximum atomic E-state index is 10.6. The molecule has 0 fully saturated rings. The summed E-state index contributed by atoms with van der Waals surface area (Å²) in [6, 6.07) is 2.01. The van der Waals surface area contributed by atoms with Crippen LogP contribution in [0.2, 0.25) is 0 Å². The van der Waals surface area contributed by atoms with E-state index in [1.54, 1.807) is 6.92 Å². The van der Waals surface area contributed by atoms with Crippen LogP contribution in [0.3, 0.4) is 0 Å². The molecule has 0 saturated carbocycles. The van der Waals surface area contributed by atoms with Gasteiger partial charge in [0.2, 0.25) is 5.91 Å². The van der Waals surface area contributed by atoms with Gasteiger partial charge in [0.15, 0.2) is 0 Å². The smallest absolute Gasteiger partial charge is 0.219 e. The summed E-state index contributed by atoms with van der Waals surface area (Å²) in [5.74, 6) is 0.0536. The summed E-state index contributed by atoms with van der Waals surface area (Å²) in [6.45, 7) is 2.43. The van der Waals surface area contributed by atoms with Crippen molar-refractivity contribution in [2.75, 3.05) is 6.54 Å². The SMILES string of the molecule is CCC(=O)NCCCC#N. The monoisotopic (exact) mass is 140 g/mol. The second-order valence-corrected chi connectivity index (χ2v) is 1.97. The third kappa shape index (κ3) is 5.10. The standard InChI is InChI=1S/C7H12N2O/c1-2-7(10)9-6-4-3-5-8/h2-4,6H2,1H3,(H,9,10). The summed E-state index contributed by atoms with van der Waals surface area (Å²) in [6.07, 6.45) is 1.79. The number of nitrogens with zero attached hydrogens (tertiary/aromatic N) is 1. The van der Waals surface area contributed by atoms with Gasteiger partial charge in [0.25, 0.3) is 0 Å². The first-order valence-corrected chi connectivity index (χ1v) is 3.45. The normalized spacial score (nSPS) is 8.40. The van der Waals surface area contributed by atoms with Gasteiger partial charge >= 0.3 is 0 Å². The lowest BCUT2D eigenvalue weighted by molar-refractivity contribution is -0.120. The highest BCUT2D eigenvalue weighted by molar-refractivity contribution is 5.75. The van der Waals surface area contributed by atoms with Gasteiger partial charge in [0.05, 0.1) is 6.07 Å². The van der Waals surface area contributed by atoms with Gasteiger partial charge in [-0.2, -0.15) is 5.26 Å². The van der Waals surface area contributed by atoms with Crippen molar-refractivity contribution in [3.05, 3.63) is 0 Å². The Hall–Kier alpha value is -1.04. The molecule has 0 rings (SSSR count). The van der Waals surface area contributed by atoms with E-state index in [2.05, 4.69) is 5.32 Å². The molecule has 10 heavy (non-hydrogen) atoms. The molecular weight excluding hydrogens is 128 g/mol. The molecule has 0 aromatic carbocycles. The van der Waals surface area contributed by atoms with Crippen LogP contribution in [0.25, 0.3) is 0 Å². The Morgan fingerprint density at radius 3 is 2.90 bits per heavy atom. The Labute approximate surface area is 61.0 Å². The van der Waals surface area contributed by atoms with E-state index in [0.29, 0.717) is 19.4 Å². The molecule has 0 unspecified atom stereocenters. The zero-order valence-electron chi connectivity index (χ0n) is 6.18. The van der Waals surface area contributed by atoms with Gasteiger partial charge < -0.3 is 5.32 Å². The first kappa shape index (κ1) is 8.96. The first-order valence-electron chi connectivity index (χ1n) is 3.45. The fraction of sp³-hybridized carbons (Fsp3) is 0.714. The highest BCUT2D eigenvalue weighted by Gasteiger charge is 1.93. The maximum absolute atomic E-state index is 10.6. The zero-order chi connectivity index (χ0) is 7.82. The number of unbranched alkanes of at least 4 members (excludes halogenated alkanes) is 1. The Morgan fingerprint density at radius 2 is 2.40 bits per heavy atom. The van der Waals surface area contributed by atoms with Gasteiger partial charge in [0, 0.05) is 19.4 Å². The second-order valence-electron chi connectivity index (χ2n) is 1.97. The summed E-state index contributed by atoms with van der Waals surface area (Å²) in [5, 5.41) is 10.8. The van der Waals surface area contributed by atoms with Crippen LogP contribution in [0, 0.1) is 11.3 Å². The topological polar surface area (TPSA) is 52.9 Å². The largest absolute Gasteiger partial charge is 0.356 e. The molecule has 1 N–H and O–H groups in total. The zero-order valence-corrected chi connectivity index (χ0v) is 6.18. The number of hydrogen-bond donors (Lipinski definition) is 1. The van der Waals surface area contributed by atoms with Crippen molar-refractivity contribution >= 4 is 5.91 Å². The van der Waals surface area contributed by atoms with Gasteiger partial charge in [-0.3, -0.25) is 4.79 Å². The minimum absolute atomic E-state index is 0.0536. The van der Waals surface area contributed by atoms with Crippen LogP contribution in [0.15, 0.2) is 0 Å². The fourth-order valence-corrected chi connectivity index (χ4v) is 0.520. The number of hydrogen-bond acceptors (Lipinski definition) is 2. The molecule has 3 heteroatoms. The molecule has 0 aliphatic carbocycles. The lowest BCUT2D eigenvalue weighted by Gasteiger charge is -1.98. The average molecular weight is 140 g/mol. The number of nitriles is 1. The summed E-state index contributed by atoms with van der Waals surface area (Å²) in [5.41, 5.74) is 0. The summed E-state index contributed by atoms with van der Waals surface area (Å²) in [7, 11) is 0. The van der Waals surface area contributed by atoms with Crippen molar-refractivity contribution in [1.29, 1.82) is 5.26 Å². The van der Waals surface area contributed by atoms with Crippen molar-refractivity contribution in [1.82, 2.24) is 5.32 Å². The van der Waals surface area contributed by atoms with Crippen molar-refractivity contribution < 1.29 is 4.79 Å². The Balaban J connectivity index is 3.05.